The van der Waals surface area contributed by atoms with Crippen molar-refractivity contribution in [1.82, 2.24) is 0 Å². The molecule has 0 bridgehead atoms. The van der Waals surface area contributed by atoms with Crippen molar-refractivity contribution < 1.29 is 8.83 Å². The molecule has 2 heterocycles. The summed E-state index contributed by atoms with van der Waals surface area (Å²) in [6, 6.07) is 11.6. The lowest BCUT2D eigenvalue weighted by molar-refractivity contribution is 0.505. The van der Waals surface area contributed by atoms with E-state index in [4.69, 9.17) is 8.83 Å². The average molecular weight is 290 g/mol. The smallest absolute Gasteiger partial charge is 0.344 e. The standard InChI is InChI=1S/C19H14O3/c20-19-13-7-2-1-5-11(13)14-9-15-12-6-3-4-8-16(12)21-17(15)10-18(14)22-19/h1-2,5,7,9-10H,3-4,6,8H2. The Morgan fingerprint density at radius 1 is 0.773 bits per heavy atom. The molecule has 0 N–H and O–H groups in total. The Morgan fingerprint density at radius 3 is 2.45 bits per heavy atom. The van der Waals surface area contributed by atoms with E-state index in [0.717, 1.165) is 35.0 Å². The predicted molar refractivity (Wildman–Crippen MR) is 86.4 cm³/mol. The van der Waals surface area contributed by atoms with E-state index < -0.39 is 0 Å². The van der Waals surface area contributed by atoms with Crippen molar-refractivity contribution in [2.75, 3.05) is 0 Å². The lowest BCUT2D eigenvalue weighted by Gasteiger charge is -2.08. The van der Waals surface area contributed by atoms with Gasteiger partial charge in [0.25, 0.3) is 0 Å². The maximum atomic E-state index is 12.1. The number of benzene rings is 2. The highest BCUT2D eigenvalue weighted by Crippen LogP contribution is 2.35. The fraction of sp³-hybridized carbons (Fsp3) is 0.211. The molecule has 3 heteroatoms. The van der Waals surface area contributed by atoms with Gasteiger partial charge in [-0.05, 0) is 36.8 Å². The highest BCUT2D eigenvalue weighted by Gasteiger charge is 2.19. The Morgan fingerprint density at radius 2 is 1.55 bits per heavy atom. The summed E-state index contributed by atoms with van der Waals surface area (Å²) in [5.41, 5.74) is 2.47. The van der Waals surface area contributed by atoms with Crippen LogP contribution in [0.1, 0.15) is 24.2 Å². The summed E-state index contributed by atoms with van der Waals surface area (Å²) in [5, 5.41) is 3.73. The Balaban J connectivity index is 1.99. The predicted octanol–water partition coefficient (Wildman–Crippen LogP) is 4.57. The Bertz CT molecular complexity index is 1100. The third kappa shape index (κ3) is 1.54. The topological polar surface area (TPSA) is 43.4 Å². The van der Waals surface area contributed by atoms with Crippen molar-refractivity contribution in [3.05, 3.63) is 58.1 Å². The highest BCUT2D eigenvalue weighted by atomic mass is 16.4. The van der Waals surface area contributed by atoms with Gasteiger partial charge in [-0.3, -0.25) is 0 Å². The Hall–Kier alpha value is -2.55. The zero-order chi connectivity index (χ0) is 14.7. The lowest BCUT2D eigenvalue weighted by Crippen LogP contribution is -2.00. The van der Waals surface area contributed by atoms with Gasteiger partial charge in [0.15, 0.2) is 0 Å². The first-order chi connectivity index (χ1) is 10.8. The van der Waals surface area contributed by atoms with Crippen molar-refractivity contribution in [1.29, 1.82) is 0 Å². The van der Waals surface area contributed by atoms with Gasteiger partial charge in [-0.2, -0.15) is 0 Å². The van der Waals surface area contributed by atoms with Gasteiger partial charge in [0, 0.05) is 28.8 Å². The monoisotopic (exact) mass is 290 g/mol. The minimum absolute atomic E-state index is 0.293. The van der Waals surface area contributed by atoms with E-state index in [1.807, 2.05) is 30.3 Å². The van der Waals surface area contributed by atoms with Gasteiger partial charge in [-0.25, -0.2) is 4.79 Å². The van der Waals surface area contributed by atoms with Crippen LogP contribution in [0, 0.1) is 0 Å². The molecule has 2 aromatic heterocycles. The van der Waals surface area contributed by atoms with Crippen LogP contribution in [0.15, 0.2) is 50.0 Å². The molecule has 3 nitrogen and oxygen atoms in total. The third-order valence-corrected chi connectivity index (χ3v) is 4.70. The molecule has 0 radical (unpaired) electrons. The first-order valence-corrected chi connectivity index (χ1v) is 7.71. The van der Waals surface area contributed by atoms with Gasteiger partial charge >= 0.3 is 5.63 Å². The molecule has 22 heavy (non-hydrogen) atoms. The third-order valence-electron chi connectivity index (χ3n) is 4.70. The van der Waals surface area contributed by atoms with E-state index in [2.05, 4.69) is 6.07 Å². The second kappa shape index (κ2) is 4.23. The highest BCUT2D eigenvalue weighted by molar-refractivity contribution is 6.09. The summed E-state index contributed by atoms with van der Waals surface area (Å²) in [6.45, 7) is 0. The fourth-order valence-corrected chi connectivity index (χ4v) is 3.64. The number of rotatable bonds is 0. The summed E-state index contributed by atoms with van der Waals surface area (Å²) >= 11 is 0. The second-order valence-electron chi connectivity index (χ2n) is 5.99. The molecule has 1 aliphatic rings. The summed E-state index contributed by atoms with van der Waals surface area (Å²) in [7, 11) is 0. The first kappa shape index (κ1) is 12.0. The molecule has 2 aromatic carbocycles. The zero-order valence-corrected chi connectivity index (χ0v) is 12.0. The molecule has 5 rings (SSSR count). The molecule has 0 saturated carbocycles. The number of fused-ring (bicyclic) bond motifs is 6. The molecular formula is C19H14O3. The summed E-state index contributed by atoms with van der Waals surface area (Å²) in [4.78, 5) is 12.1. The number of hydrogen-bond donors (Lipinski definition) is 0. The average Bonchev–Trinajstić information content (AvgIpc) is 2.91. The van der Waals surface area contributed by atoms with Crippen molar-refractivity contribution in [2.24, 2.45) is 0 Å². The fourth-order valence-electron chi connectivity index (χ4n) is 3.64. The lowest BCUT2D eigenvalue weighted by atomic mass is 9.95. The van der Waals surface area contributed by atoms with Crippen molar-refractivity contribution >= 4 is 32.7 Å². The summed E-state index contributed by atoms with van der Waals surface area (Å²) in [5.74, 6) is 1.10. The molecule has 0 atom stereocenters. The van der Waals surface area contributed by atoms with Crippen LogP contribution in [0.4, 0.5) is 0 Å². The van der Waals surface area contributed by atoms with E-state index in [-0.39, 0.29) is 5.63 Å². The van der Waals surface area contributed by atoms with Crippen LogP contribution >= 0.6 is 0 Å². The molecule has 4 aromatic rings. The van der Waals surface area contributed by atoms with Crippen molar-refractivity contribution in [2.45, 2.75) is 25.7 Å². The molecule has 0 saturated heterocycles. The summed E-state index contributed by atoms with van der Waals surface area (Å²) < 4.78 is 11.5. The summed E-state index contributed by atoms with van der Waals surface area (Å²) in [6.07, 6.45) is 4.47. The zero-order valence-electron chi connectivity index (χ0n) is 12.0. The van der Waals surface area contributed by atoms with Crippen LogP contribution < -0.4 is 5.63 Å². The molecule has 0 fully saturated rings. The molecule has 0 unspecified atom stereocenters. The van der Waals surface area contributed by atoms with E-state index in [9.17, 15) is 4.79 Å². The molecule has 108 valence electrons. The molecule has 0 amide bonds. The van der Waals surface area contributed by atoms with Crippen LogP contribution in [-0.4, -0.2) is 0 Å². The molecule has 0 spiro atoms. The maximum absolute atomic E-state index is 12.1. The van der Waals surface area contributed by atoms with Gasteiger partial charge in [0.1, 0.15) is 16.9 Å². The van der Waals surface area contributed by atoms with E-state index in [0.29, 0.717) is 11.0 Å². The maximum Gasteiger partial charge on any atom is 0.344 e. The molecule has 0 aliphatic heterocycles. The molecule has 1 aliphatic carbocycles. The van der Waals surface area contributed by atoms with Crippen LogP contribution in [0.5, 0.6) is 0 Å². The minimum Gasteiger partial charge on any atom is -0.461 e. The normalized spacial score (nSPS) is 14.7. The van der Waals surface area contributed by atoms with Gasteiger partial charge in [0.2, 0.25) is 0 Å². The van der Waals surface area contributed by atoms with Gasteiger partial charge < -0.3 is 8.83 Å². The van der Waals surface area contributed by atoms with Crippen molar-refractivity contribution in [3.63, 3.8) is 0 Å². The second-order valence-corrected chi connectivity index (χ2v) is 5.99. The van der Waals surface area contributed by atoms with E-state index >= 15 is 0 Å². The van der Waals surface area contributed by atoms with Gasteiger partial charge in [0.05, 0.1) is 5.39 Å². The van der Waals surface area contributed by atoms with E-state index in [1.54, 1.807) is 0 Å². The minimum atomic E-state index is -0.293. The number of aryl methyl sites for hydroxylation is 2. The van der Waals surface area contributed by atoms with Gasteiger partial charge in [-0.15, -0.1) is 0 Å². The van der Waals surface area contributed by atoms with Crippen LogP contribution in [0.25, 0.3) is 32.7 Å². The molecular weight excluding hydrogens is 276 g/mol. The number of hydrogen-bond acceptors (Lipinski definition) is 3. The largest absolute Gasteiger partial charge is 0.461 e. The quantitative estimate of drug-likeness (QED) is 0.352. The Kier molecular flexibility index (Phi) is 2.31. The first-order valence-electron chi connectivity index (χ1n) is 7.71. The van der Waals surface area contributed by atoms with Crippen LogP contribution in [-0.2, 0) is 12.8 Å². The van der Waals surface area contributed by atoms with Crippen LogP contribution in [0.2, 0.25) is 0 Å². The Labute approximate surface area is 126 Å². The SMILES string of the molecule is O=c1oc2cc3oc4c(c3cc2c2ccccc12)CCCC4. The van der Waals surface area contributed by atoms with Crippen LogP contribution in [0.3, 0.4) is 0 Å². The van der Waals surface area contributed by atoms with Crippen molar-refractivity contribution in [3.8, 4) is 0 Å². The van der Waals surface area contributed by atoms with Gasteiger partial charge in [-0.1, -0.05) is 18.2 Å². The number of furan rings is 1. The van der Waals surface area contributed by atoms with E-state index in [1.165, 1.54) is 23.8 Å².